The third-order valence-electron chi connectivity index (χ3n) is 5.02. The van der Waals surface area contributed by atoms with Crippen LogP contribution in [-0.4, -0.2) is 65.9 Å². The number of ether oxygens (including phenoxy) is 1. The number of carbonyl (C=O) groups excluding carboxylic acids is 2. The molecule has 1 atom stereocenters. The molecular weight excluding hydrogens is 370 g/mol. The minimum atomic E-state index is -0.684. The molecule has 0 spiro atoms. The Morgan fingerprint density at radius 3 is 2.48 bits per heavy atom. The maximum Gasteiger partial charge on any atom is 0.295 e. The van der Waals surface area contributed by atoms with Gasteiger partial charge in [0.2, 0.25) is 0 Å². The van der Waals surface area contributed by atoms with E-state index in [-0.39, 0.29) is 11.3 Å². The summed E-state index contributed by atoms with van der Waals surface area (Å²) in [6, 6.07) is 7.99. The highest BCUT2D eigenvalue weighted by Crippen LogP contribution is 2.39. The third-order valence-corrected chi connectivity index (χ3v) is 5.02. The summed E-state index contributed by atoms with van der Waals surface area (Å²) in [6.07, 6.45) is 3.22. The van der Waals surface area contributed by atoms with Gasteiger partial charge in [-0.15, -0.1) is 0 Å². The van der Waals surface area contributed by atoms with Crippen molar-refractivity contribution < 1.29 is 19.4 Å². The van der Waals surface area contributed by atoms with E-state index in [0.29, 0.717) is 24.4 Å². The summed E-state index contributed by atoms with van der Waals surface area (Å²) in [5, 5.41) is 11.0. The van der Waals surface area contributed by atoms with E-state index in [9.17, 15) is 14.7 Å². The first kappa shape index (κ1) is 20.5. The van der Waals surface area contributed by atoms with Crippen LogP contribution in [0.5, 0.6) is 5.75 Å². The van der Waals surface area contributed by atoms with Crippen LogP contribution < -0.4 is 4.74 Å². The van der Waals surface area contributed by atoms with E-state index in [1.54, 1.807) is 49.8 Å². The highest BCUT2D eigenvalue weighted by atomic mass is 16.5. The number of aromatic nitrogens is 1. The molecule has 29 heavy (non-hydrogen) atoms. The van der Waals surface area contributed by atoms with Gasteiger partial charge in [0, 0.05) is 31.0 Å². The molecule has 1 saturated heterocycles. The van der Waals surface area contributed by atoms with Crippen LogP contribution in [0.3, 0.4) is 0 Å². The van der Waals surface area contributed by atoms with Crippen molar-refractivity contribution in [1.29, 1.82) is 0 Å². The number of pyridine rings is 1. The van der Waals surface area contributed by atoms with E-state index >= 15 is 0 Å². The Hall–Kier alpha value is -3.19. The summed E-state index contributed by atoms with van der Waals surface area (Å²) in [7, 11) is 5.37. The van der Waals surface area contributed by atoms with Crippen molar-refractivity contribution in [2.75, 3.05) is 34.3 Å². The van der Waals surface area contributed by atoms with Crippen LogP contribution in [0.4, 0.5) is 0 Å². The first-order valence-electron chi connectivity index (χ1n) is 9.33. The lowest BCUT2D eigenvalue weighted by atomic mass is 9.95. The van der Waals surface area contributed by atoms with Gasteiger partial charge in [0.15, 0.2) is 0 Å². The number of aliphatic hydroxyl groups is 1. The number of methoxy groups -OCH3 is 1. The molecule has 1 amide bonds. The molecule has 0 saturated carbocycles. The minimum Gasteiger partial charge on any atom is -0.507 e. The normalized spacial score (nSPS) is 18.5. The minimum absolute atomic E-state index is 0.0875. The number of nitrogens with zero attached hydrogens (tertiary/aromatic N) is 3. The summed E-state index contributed by atoms with van der Waals surface area (Å²) in [5.74, 6) is -0.807. The molecule has 1 aromatic heterocycles. The monoisotopic (exact) mass is 395 g/mol. The van der Waals surface area contributed by atoms with Gasteiger partial charge in [-0.25, -0.2) is 0 Å². The zero-order valence-corrected chi connectivity index (χ0v) is 17.0. The van der Waals surface area contributed by atoms with Crippen LogP contribution in [0, 0.1) is 6.92 Å². The number of hydrogen-bond acceptors (Lipinski definition) is 6. The molecule has 2 aromatic rings. The van der Waals surface area contributed by atoms with E-state index in [1.807, 2.05) is 25.9 Å². The van der Waals surface area contributed by atoms with Crippen molar-refractivity contribution >= 4 is 17.4 Å². The van der Waals surface area contributed by atoms with Gasteiger partial charge >= 0.3 is 0 Å². The van der Waals surface area contributed by atoms with Gasteiger partial charge in [0.1, 0.15) is 11.5 Å². The van der Waals surface area contributed by atoms with Gasteiger partial charge in [-0.1, -0.05) is 0 Å². The largest absolute Gasteiger partial charge is 0.507 e. The van der Waals surface area contributed by atoms with Gasteiger partial charge in [-0.2, -0.15) is 0 Å². The summed E-state index contributed by atoms with van der Waals surface area (Å²) in [5.41, 5.74) is 2.10. The number of amides is 1. The smallest absolute Gasteiger partial charge is 0.295 e. The van der Waals surface area contributed by atoms with Crippen LogP contribution in [-0.2, 0) is 9.59 Å². The Labute approximate surface area is 170 Å². The summed E-state index contributed by atoms with van der Waals surface area (Å²) >= 11 is 0. The number of Topliss-reactive ketones (excluding diaryl/α,β-unsaturated/α-hetero) is 1. The Kier molecular flexibility index (Phi) is 5.98. The van der Waals surface area contributed by atoms with E-state index in [0.717, 1.165) is 11.1 Å². The number of likely N-dealkylation sites (N-methyl/N-ethyl adjacent to an activating group) is 1. The van der Waals surface area contributed by atoms with Crippen LogP contribution in [0.15, 0.2) is 48.3 Å². The summed E-state index contributed by atoms with van der Waals surface area (Å²) < 4.78 is 5.27. The van der Waals surface area contributed by atoms with Crippen LogP contribution in [0.2, 0.25) is 0 Å². The van der Waals surface area contributed by atoms with Gasteiger partial charge in [-0.05, 0) is 62.5 Å². The van der Waals surface area contributed by atoms with Crippen molar-refractivity contribution in [2.24, 2.45) is 0 Å². The Balaban J connectivity index is 2.13. The molecule has 2 heterocycles. The fourth-order valence-electron chi connectivity index (χ4n) is 3.49. The van der Waals surface area contributed by atoms with Gasteiger partial charge in [0.25, 0.3) is 11.7 Å². The van der Waals surface area contributed by atoms with E-state index in [4.69, 9.17) is 4.74 Å². The molecule has 0 aliphatic carbocycles. The number of hydrogen-bond donors (Lipinski definition) is 1. The second-order valence-electron chi connectivity index (χ2n) is 7.26. The van der Waals surface area contributed by atoms with Crippen molar-refractivity contribution in [3.8, 4) is 5.75 Å². The fraction of sp³-hybridized carbons (Fsp3) is 0.318. The zero-order chi connectivity index (χ0) is 21.1. The molecular formula is C22H25N3O4. The molecule has 152 valence electrons. The lowest BCUT2D eigenvalue weighted by Crippen LogP contribution is -2.35. The lowest BCUT2D eigenvalue weighted by Gasteiger charge is -2.26. The zero-order valence-electron chi connectivity index (χ0n) is 17.0. The number of aryl methyl sites for hydroxylation is 1. The van der Waals surface area contributed by atoms with Crippen molar-refractivity contribution in [3.05, 3.63) is 65.0 Å². The van der Waals surface area contributed by atoms with Gasteiger partial charge in [-0.3, -0.25) is 14.6 Å². The number of aliphatic hydroxyl groups excluding tert-OH is 1. The highest BCUT2D eigenvalue weighted by molar-refractivity contribution is 6.46. The maximum absolute atomic E-state index is 12.9. The second kappa shape index (κ2) is 8.45. The molecule has 7 nitrogen and oxygen atoms in total. The average Bonchev–Trinajstić information content (AvgIpc) is 2.97. The Morgan fingerprint density at radius 2 is 1.90 bits per heavy atom. The molecule has 0 radical (unpaired) electrons. The molecule has 1 aliphatic heterocycles. The average molecular weight is 395 g/mol. The SMILES string of the molecule is COc1ccc(/C(O)=C2/C(=O)C(=O)N(CCN(C)C)C2c2ccncc2)cc1C. The lowest BCUT2D eigenvalue weighted by molar-refractivity contribution is -0.140. The van der Waals surface area contributed by atoms with Gasteiger partial charge < -0.3 is 19.6 Å². The summed E-state index contributed by atoms with van der Waals surface area (Å²) in [4.78, 5) is 33.2. The molecule has 1 aliphatic rings. The molecule has 1 N–H and O–H groups in total. The third kappa shape index (κ3) is 4.00. The number of carbonyl (C=O) groups is 2. The van der Waals surface area contributed by atoms with Crippen molar-refractivity contribution in [1.82, 2.24) is 14.8 Å². The number of benzene rings is 1. The molecule has 1 aromatic carbocycles. The number of likely N-dealkylation sites (tertiary alicyclic amines) is 1. The van der Waals surface area contributed by atoms with Crippen LogP contribution >= 0.6 is 0 Å². The molecule has 1 fully saturated rings. The summed E-state index contributed by atoms with van der Waals surface area (Å²) in [6.45, 7) is 2.81. The number of ketones is 1. The van der Waals surface area contributed by atoms with Crippen molar-refractivity contribution in [2.45, 2.75) is 13.0 Å². The Bertz CT molecular complexity index is 954. The highest BCUT2D eigenvalue weighted by Gasteiger charge is 2.45. The van der Waals surface area contributed by atoms with Crippen LogP contribution in [0.25, 0.3) is 5.76 Å². The quantitative estimate of drug-likeness (QED) is 0.459. The molecule has 7 heteroatoms. The maximum atomic E-state index is 12.9. The van der Waals surface area contributed by atoms with Gasteiger partial charge in [0.05, 0.1) is 18.7 Å². The first-order valence-corrected chi connectivity index (χ1v) is 9.33. The second-order valence-corrected chi connectivity index (χ2v) is 7.26. The number of rotatable bonds is 6. The Morgan fingerprint density at radius 1 is 1.21 bits per heavy atom. The van der Waals surface area contributed by atoms with Crippen molar-refractivity contribution in [3.63, 3.8) is 0 Å². The predicted octanol–water partition coefficient (Wildman–Crippen LogP) is 2.38. The first-order chi connectivity index (χ1) is 13.8. The molecule has 3 rings (SSSR count). The van der Waals surface area contributed by atoms with E-state index in [1.165, 1.54) is 4.90 Å². The van der Waals surface area contributed by atoms with E-state index < -0.39 is 17.7 Å². The fourth-order valence-corrected chi connectivity index (χ4v) is 3.49. The molecule has 1 unspecified atom stereocenters. The predicted molar refractivity (Wildman–Crippen MR) is 110 cm³/mol. The van der Waals surface area contributed by atoms with Crippen LogP contribution in [0.1, 0.15) is 22.7 Å². The standard InChI is InChI=1S/C22H25N3O4/c1-14-13-16(5-6-17(14)29-4)20(26)18-19(15-7-9-23-10-8-15)25(12-11-24(2)3)22(28)21(18)27/h5-10,13,19,26H,11-12H2,1-4H3/b20-18-. The topological polar surface area (TPSA) is 83.0 Å². The molecule has 0 bridgehead atoms. The van der Waals surface area contributed by atoms with E-state index in [2.05, 4.69) is 4.98 Å².